The number of ketones is 1. The zero-order valence-corrected chi connectivity index (χ0v) is 31.2. The third-order valence-electron chi connectivity index (χ3n) is 12.3. The highest BCUT2D eigenvalue weighted by molar-refractivity contribution is 7.90. The van der Waals surface area contributed by atoms with E-state index >= 15 is 0 Å². The Labute approximate surface area is 311 Å². The topological polar surface area (TPSA) is 168 Å². The average Bonchev–Trinajstić information content (AvgIpc) is 4.04. The van der Waals surface area contributed by atoms with Crippen LogP contribution in [-0.4, -0.2) is 84.6 Å². The number of aryl methyl sites for hydroxylation is 1. The first-order valence-electron chi connectivity index (χ1n) is 19.5. The van der Waals surface area contributed by atoms with E-state index in [2.05, 4.69) is 22.7 Å². The number of rotatable bonds is 8. The molecule has 14 heteroatoms. The third-order valence-corrected chi connectivity index (χ3v) is 14.1. The molecule has 1 saturated heterocycles. The van der Waals surface area contributed by atoms with Crippen LogP contribution in [0.3, 0.4) is 0 Å². The van der Waals surface area contributed by atoms with E-state index in [0.29, 0.717) is 32.4 Å². The van der Waals surface area contributed by atoms with Crippen LogP contribution in [0.2, 0.25) is 0 Å². The van der Waals surface area contributed by atoms with Crippen molar-refractivity contribution in [1.29, 1.82) is 0 Å². The molecule has 1 aromatic carbocycles. The fourth-order valence-electron chi connectivity index (χ4n) is 8.94. The summed E-state index contributed by atoms with van der Waals surface area (Å²) in [4.78, 5) is 72.5. The molecule has 288 valence electrons. The maximum Gasteiger partial charge on any atom is 0.410 e. The summed E-state index contributed by atoms with van der Waals surface area (Å²) in [5.41, 5.74) is 2.08. The lowest BCUT2D eigenvalue weighted by Crippen LogP contribution is -2.55. The quantitative estimate of drug-likeness (QED) is 0.359. The average molecular weight is 753 g/mol. The molecule has 53 heavy (non-hydrogen) atoms. The number of ether oxygens (including phenoxy) is 2. The summed E-state index contributed by atoms with van der Waals surface area (Å²) >= 11 is 0. The molecule has 5 atom stereocenters. The Hall–Kier alpha value is -3.94. The first-order valence-corrected chi connectivity index (χ1v) is 21.0. The molecule has 13 nitrogen and oxygen atoms in total. The van der Waals surface area contributed by atoms with Crippen LogP contribution in [0, 0.1) is 17.3 Å². The number of hydrogen-bond acceptors (Lipinski definition) is 9. The van der Waals surface area contributed by atoms with Crippen molar-refractivity contribution < 1.29 is 41.9 Å². The van der Waals surface area contributed by atoms with Crippen molar-refractivity contribution in [2.24, 2.45) is 17.3 Å². The number of nitrogens with one attached hydrogen (secondary N) is 2. The van der Waals surface area contributed by atoms with Crippen LogP contribution in [0.5, 0.6) is 0 Å². The van der Waals surface area contributed by atoms with Gasteiger partial charge in [0, 0.05) is 25.9 Å². The Kier molecular flexibility index (Phi) is 10.9. The molecule has 4 fully saturated rings. The van der Waals surface area contributed by atoms with E-state index in [1.165, 1.54) is 10.5 Å². The van der Waals surface area contributed by atoms with E-state index in [4.69, 9.17) is 9.47 Å². The highest BCUT2D eigenvalue weighted by Gasteiger charge is 2.61. The van der Waals surface area contributed by atoms with E-state index in [0.717, 1.165) is 68.9 Å². The summed E-state index contributed by atoms with van der Waals surface area (Å²) in [5, 5.41) is 2.24. The van der Waals surface area contributed by atoms with Gasteiger partial charge in [0.2, 0.25) is 21.8 Å². The molecular formula is C39H52N4O9S. The molecular weight excluding hydrogens is 701 g/mol. The van der Waals surface area contributed by atoms with Crippen molar-refractivity contribution in [1.82, 2.24) is 19.8 Å². The number of carbonyl (C=O) groups excluding carboxylic acids is 5. The molecule has 3 aliphatic carbocycles. The maximum absolute atomic E-state index is 14.6. The molecule has 0 radical (unpaired) electrons. The number of amides is 4. The predicted octanol–water partition coefficient (Wildman–Crippen LogP) is 4.66. The lowest BCUT2D eigenvalue weighted by molar-refractivity contribution is -0.141. The van der Waals surface area contributed by atoms with Gasteiger partial charge in [0.05, 0.1) is 29.9 Å². The van der Waals surface area contributed by atoms with Crippen LogP contribution < -0.4 is 10.0 Å². The van der Waals surface area contributed by atoms with E-state index in [9.17, 15) is 32.4 Å². The van der Waals surface area contributed by atoms with Gasteiger partial charge in [0.1, 0.15) is 12.1 Å². The fourth-order valence-corrected chi connectivity index (χ4v) is 10.3. The summed E-state index contributed by atoms with van der Waals surface area (Å²) < 4.78 is 39.3. The summed E-state index contributed by atoms with van der Waals surface area (Å²) in [6.07, 6.45) is 9.08. The largest absolute Gasteiger partial charge is 0.450 e. The summed E-state index contributed by atoms with van der Waals surface area (Å²) in [5.74, 6) is -2.20. The van der Waals surface area contributed by atoms with E-state index < -0.39 is 74.6 Å². The maximum atomic E-state index is 14.6. The Balaban J connectivity index is 1.15. The minimum atomic E-state index is -3.86. The van der Waals surface area contributed by atoms with Gasteiger partial charge < -0.3 is 19.7 Å². The molecule has 0 unspecified atom stereocenters. The lowest BCUT2D eigenvalue weighted by atomic mass is 9.83. The number of benzene rings is 1. The second-order valence-corrected chi connectivity index (χ2v) is 18.0. The smallest absolute Gasteiger partial charge is 0.410 e. The van der Waals surface area contributed by atoms with E-state index in [-0.39, 0.29) is 38.3 Å². The standard InChI is InChI=1S/C39H52N4O9S/c1-2-28-20-39(28,36(46)41-53(49,50)30-16-17-30)21-33(44)32-19-29-23-43(32)35(45)34(26-12-7-5-8-13-26)40-37(47)51-18-9-4-3-6-11-25-14-10-15-27-22-42(24-31(25)27)38(48)52-29/h2,10,14-15,26,28-30,32,34H,1,3-9,11-13,16-24H2,(H,40,47)(H,41,46)/t28-,29-,32+,34+,39-/m1/s1. The monoisotopic (exact) mass is 752 g/mol. The van der Waals surface area contributed by atoms with Crippen LogP contribution in [-0.2, 0) is 53.4 Å². The predicted molar refractivity (Wildman–Crippen MR) is 194 cm³/mol. The molecule has 7 rings (SSSR count). The van der Waals surface area contributed by atoms with Gasteiger partial charge in [-0.3, -0.25) is 24.0 Å². The van der Waals surface area contributed by atoms with Crippen molar-refractivity contribution in [3.8, 4) is 0 Å². The SMILES string of the molecule is C=C[C@@H]1C[C@]1(CC(=O)[C@@H]1C[C@@H]2CN1C(=O)[C@H](C1CCCCC1)NC(=O)OCCCCCCc1cccc3c1CN(C3)C(=O)O2)C(=O)NS(=O)(=O)C1CC1. The Bertz CT molecular complexity index is 1740. The zero-order chi connectivity index (χ0) is 37.3. The Morgan fingerprint density at radius 2 is 1.72 bits per heavy atom. The highest BCUT2D eigenvalue weighted by Crippen LogP contribution is 2.57. The molecule has 1 aromatic rings. The van der Waals surface area contributed by atoms with E-state index in [1.54, 1.807) is 11.0 Å². The van der Waals surface area contributed by atoms with Crippen molar-refractivity contribution in [2.75, 3.05) is 13.2 Å². The van der Waals surface area contributed by atoms with Gasteiger partial charge in [0.25, 0.3) is 0 Å². The fraction of sp³-hybridized carbons (Fsp3) is 0.667. The molecule has 6 aliphatic rings. The van der Waals surface area contributed by atoms with Crippen LogP contribution in [0.1, 0.15) is 107 Å². The second-order valence-electron chi connectivity index (χ2n) is 16.0. The highest BCUT2D eigenvalue weighted by atomic mass is 32.2. The van der Waals surface area contributed by atoms with Gasteiger partial charge in [0.15, 0.2) is 5.78 Å². The first kappa shape index (κ1) is 37.4. The second kappa shape index (κ2) is 15.4. The minimum absolute atomic E-state index is 0.0149. The molecule has 0 spiro atoms. The van der Waals surface area contributed by atoms with Crippen molar-refractivity contribution in [3.05, 3.63) is 47.5 Å². The molecule has 3 saturated carbocycles. The Morgan fingerprint density at radius 1 is 0.981 bits per heavy atom. The number of alkyl carbamates (subject to hydrolysis) is 1. The van der Waals surface area contributed by atoms with Crippen LogP contribution in [0.4, 0.5) is 9.59 Å². The molecule has 3 aliphatic heterocycles. The molecule has 0 aromatic heterocycles. The zero-order valence-electron chi connectivity index (χ0n) is 30.4. The number of carbonyl (C=O) groups is 5. The molecule has 4 bridgehead atoms. The van der Waals surface area contributed by atoms with Gasteiger partial charge in [-0.25, -0.2) is 18.0 Å². The summed E-state index contributed by atoms with van der Waals surface area (Å²) in [6, 6.07) is 4.12. The van der Waals surface area contributed by atoms with Gasteiger partial charge >= 0.3 is 12.2 Å². The Morgan fingerprint density at radius 3 is 2.45 bits per heavy atom. The van der Waals surface area contributed by atoms with Crippen LogP contribution in [0.25, 0.3) is 0 Å². The van der Waals surface area contributed by atoms with Gasteiger partial charge in [-0.2, -0.15) is 0 Å². The molecule has 2 N–H and O–H groups in total. The number of Topliss-reactive ketones (excluding diaryl/α,β-unsaturated/α-hetero) is 1. The number of hydrogen-bond donors (Lipinski definition) is 2. The number of sulfonamides is 1. The normalized spacial score (nSPS) is 30.2. The number of allylic oxidation sites excluding steroid dienone is 1. The van der Waals surface area contributed by atoms with Gasteiger partial charge in [-0.05, 0) is 79.9 Å². The minimum Gasteiger partial charge on any atom is -0.450 e. The number of fused-ring (bicyclic) bond motifs is 3. The third kappa shape index (κ3) is 8.12. The number of cyclic esters (lactones) is 1. The van der Waals surface area contributed by atoms with Crippen molar-refractivity contribution in [2.45, 2.75) is 133 Å². The van der Waals surface area contributed by atoms with Crippen molar-refractivity contribution in [3.63, 3.8) is 0 Å². The molecule has 4 amide bonds. The summed E-state index contributed by atoms with van der Waals surface area (Å²) in [7, 11) is -3.86. The lowest BCUT2D eigenvalue weighted by Gasteiger charge is -2.34. The van der Waals surface area contributed by atoms with E-state index in [1.807, 2.05) is 12.1 Å². The van der Waals surface area contributed by atoms with Crippen LogP contribution >= 0.6 is 0 Å². The van der Waals surface area contributed by atoms with Gasteiger partial charge in [-0.1, -0.05) is 56.4 Å². The number of nitrogens with zero attached hydrogens (tertiary/aromatic N) is 2. The van der Waals surface area contributed by atoms with Crippen LogP contribution in [0.15, 0.2) is 30.9 Å². The van der Waals surface area contributed by atoms with Gasteiger partial charge in [-0.15, -0.1) is 6.58 Å². The summed E-state index contributed by atoms with van der Waals surface area (Å²) in [6.45, 7) is 4.79. The first-order chi connectivity index (χ1) is 25.5. The van der Waals surface area contributed by atoms with Crippen molar-refractivity contribution >= 4 is 39.8 Å². The molecule has 3 heterocycles.